The molecule has 6 nitrogen and oxygen atoms in total. The normalized spacial score (nSPS) is 13.2. The molecule has 1 aliphatic heterocycles. The monoisotopic (exact) mass is 397 g/mol. The fourth-order valence-electron chi connectivity index (χ4n) is 2.98. The van der Waals surface area contributed by atoms with Crippen LogP contribution < -0.4 is 9.47 Å². The van der Waals surface area contributed by atoms with E-state index in [1.807, 2.05) is 6.07 Å². The number of hydrogen-bond acceptors (Lipinski definition) is 6. The maximum absolute atomic E-state index is 13.0. The van der Waals surface area contributed by atoms with E-state index in [0.717, 1.165) is 5.56 Å². The molecule has 0 unspecified atom stereocenters. The van der Waals surface area contributed by atoms with Crippen LogP contribution in [0, 0.1) is 5.82 Å². The van der Waals surface area contributed by atoms with Gasteiger partial charge >= 0.3 is 5.97 Å². The first kappa shape index (κ1) is 19.0. The van der Waals surface area contributed by atoms with Crippen molar-refractivity contribution in [3.8, 4) is 22.8 Å². The lowest BCUT2D eigenvalue weighted by atomic mass is 9.84. The third kappa shape index (κ3) is 3.94. The molecule has 0 N–H and O–H groups in total. The van der Waals surface area contributed by atoms with Gasteiger partial charge in [-0.15, -0.1) is 0 Å². The molecule has 0 radical (unpaired) electrons. The molecule has 150 valence electrons. The molecular weight excluding hydrogens is 377 g/mol. The zero-order chi connectivity index (χ0) is 20.4. The molecule has 2 heterocycles. The Morgan fingerprint density at radius 3 is 2.59 bits per heavy atom. The van der Waals surface area contributed by atoms with Gasteiger partial charge in [-0.05, 0) is 55.8 Å². The summed E-state index contributed by atoms with van der Waals surface area (Å²) < 4.78 is 35.2. The Morgan fingerprint density at radius 2 is 1.83 bits per heavy atom. The van der Waals surface area contributed by atoms with Gasteiger partial charge in [0.25, 0.3) is 0 Å². The number of ether oxygens (including phenoxy) is 3. The topological polar surface area (TPSA) is 70.8 Å². The molecule has 2 aromatic carbocycles. The lowest BCUT2D eigenvalue weighted by Crippen LogP contribution is -2.31. The lowest BCUT2D eigenvalue weighted by Gasteiger charge is -2.25. The van der Waals surface area contributed by atoms with Crippen LogP contribution in [0.2, 0.25) is 0 Å². The number of nitrogens with zero attached hydrogens (tertiary/aromatic N) is 1. The first-order chi connectivity index (χ1) is 13.9. The van der Waals surface area contributed by atoms with Crippen LogP contribution in [0.25, 0.3) is 11.3 Å². The van der Waals surface area contributed by atoms with E-state index in [1.54, 1.807) is 38.1 Å². The first-order valence-electron chi connectivity index (χ1n) is 9.21. The number of esters is 1. The van der Waals surface area contributed by atoms with Crippen molar-refractivity contribution in [2.75, 3.05) is 13.2 Å². The molecule has 3 aromatic rings. The SMILES string of the molecule is CC(C)(C(=O)OCc1ncc(-c2ccc(F)cc2)o1)c1ccc2c(c1)OCCO2. The summed E-state index contributed by atoms with van der Waals surface area (Å²) in [4.78, 5) is 16.8. The quantitative estimate of drug-likeness (QED) is 0.599. The van der Waals surface area contributed by atoms with Crippen molar-refractivity contribution in [2.45, 2.75) is 25.9 Å². The Labute approximate surface area is 167 Å². The van der Waals surface area contributed by atoms with Crippen LogP contribution in [0.5, 0.6) is 11.5 Å². The van der Waals surface area contributed by atoms with E-state index in [2.05, 4.69) is 4.98 Å². The highest BCUT2D eigenvalue weighted by Crippen LogP contribution is 2.35. The molecule has 1 aromatic heterocycles. The fraction of sp³-hybridized carbons (Fsp3) is 0.273. The molecule has 0 saturated heterocycles. The highest BCUT2D eigenvalue weighted by Gasteiger charge is 2.33. The number of aromatic nitrogens is 1. The van der Waals surface area contributed by atoms with Crippen molar-refractivity contribution < 1.29 is 27.8 Å². The molecule has 0 spiro atoms. The highest BCUT2D eigenvalue weighted by atomic mass is 19.1. The molecule has 0 aliphatic carbocycles. The van der Waals surface area contributed by atoms with Crippen LogP contribution in [0.1, 0.15) is 25.3 Å². The smallest absolute Gasteiger partial charge is 0.316 e. The summed E-state index contributed by atoms with van der Waals surface area (Å²) >= 11 is 0. The minimum Gasteiger partial charge on any atom is -0.486 e. The third-order valence-electron chi connectivity index (χ3n) is 4.78. The summed E-state index contributed by atoms with van der Waals surface area (Å²) in [6.45, 7) is 4.43. The molecule has 0 bridgehead atoms. The summed E-state index contributed by atoms with van der Waals surface area (Å²) in [5.41, 5.74) is 0.543. The summed E-state index contributed by atoms with van der Waals surface area (Å²) in [7, 11) is 0. The van der Waals surface area contributed by atoms with Gasteiger partial charge in [0.2, 0.25) is 5.89 Å². The van der Waals surface area contributed by atoms with E-state index in [-0.39, 0.29) is 18.3 Å². The first-order valence-corrected chi connectivity index (χ1v) is 9.21. The second kappa shape index (κ2) is 7.58. The van der Waals surface area contributed by atoms with E-state index in [9.17, 15) is 9.18 Å². The van der Waals surface area contributed by atoms with Gasteiger partial charge in [0.05, 0.1) is 11.6 Å². The van der Waals surface area contributed by atoms with Crippen LogP contribution in [0.4, 0.5) is 4.39 Å². The van der Waals surface area contributed by atoms with E-state index in [4.69, 9.17) is 18.6 Å². The molecular formula is C22H20FNO5. The molecule has 4 rings (SSSR count). The number of benzene rings is 2. The predicted molar refractivity (Wildman–Crippen MR) is 102 cm³/mol. The van der Waals surface area contributed by atoms with Gasteiger partial charge in [-0.2, -0.15) is 0 Å². The fourth-order valence-corrected chi connectivity index (χ4v) is 2.98. The standard InChI is InChI=1S/C22H20FNO5/c1-22(2,15-5-8-17-18(11-15)27-10-9-26-17)21(25)28-13-20-24-12-19(29-20)14-3-6-16(23)7-4-14/h3-8,11-12H,9-10,13H2,1-2H3. The maximum Gasteiger partial charge on any atom is 0.316 e. The number of carbonyl (C=O) groups is 1. The van der Waals surface area contributed by atoms with Crippen molar-refractivity contribution in [1.29, 1.82) is 0 Å². The molecule has 0 atom stereocenters. The predicted octanol–water partition coefficient (Wildman–Crippen LogP) is 4.27. The van der Waals surface area contributed by atoms with E-state index >= 15 is 0 Å². The van der Waals surface area contributed by atoms with Crippen molar-refractivity contribution in [1.82, 2.24) is 4.98 Å². The maximum atomic E-state index is 13.0. The van der Waals surface area contributed by atoms with Gasteiger partial charge < -0.3 is 18.6 Å². The summed E-state index contributed by atoms with van der Waals surface area (Å²) in [6.07, 6.45) is 1.52. The average molecular weight is 397 g/mol. The lowest BCUT2D eigenvalue weighted by molar-refractivity contribution is -0.151. The Bertz CT molecular complexity index is 1030. The van der Waals surface area contributed by atoms with Gasteiger partial charge in [-0.3, -0.25) is 4.79 Å². The summed E-state index contributed by atoms with van der Waals surface area (Å²) in [5.74, 6) is 1.26. The summed E-state index contributed by atoms with van der Waals surface area (Å²) in [6, 6.07) is 11.3. The Morgan fingerprint density at radius 1 is 1.10 bits per heavy atom. The van der Waals surface area contributed by atoms with Crippen molar-refractivity contribution in [3.63, 3.8) is 0 Å². The molecule has 7 heteroatoms. The largest absolute Gasteiger partial charge is 0.486 e. The van der Waals surface area contributed by atoms with Crippen molar-refractivity contribution in [3.05, 3.63) is 65.9 Å². The number of rotatable bonds is 5. The van der Waals surface area contributed by atoms with Crippen LogP contribution >= 0.6 is 0 Å². The second-order valence-corrected chi connectivity index (χ2v) is 7.18. The molecule has 1 aliphatic rings. The second-order valence-electron chi connectivity index (χ2n) is 7.18. The minimum absolute atomic E-state index is 0.103. The van der Waals surface area contributed by atoms with Gasteiger partial charge in [0.15, 0.2) is 23.9 Å². The highest BCUT2D eigenvalue weighted by molar-refractivity contribution is 5.82. The van der Waals surface area contributed by atoms with E-state index < -0.39 is 11.4 Å². The zero-order valence-corrected chi connectivity index (χ0v) is 16.1. The van der Waals surface area contributed by atoms with Crippen LogP contribution in [0.15, 0.2) is 53.1 Å². The minimum atomic E-state index is -0.901. The number of carbonyl (C=O) groups excluding carboxylic acids is 1. The van der Waals surface area contributed by atoms with Crippen LogP contribution in [-0.4, -0.2) is 24.2 Å². The van der Waals surface area contributed by atoms with Gasteiger partial charge in [0.1, 0.15) is 19.0 Å². The Hall–Kier alpha value is -3.35. The van der Waals surface area contributed by atoms with E-state index in [0.29, 0.717) is 36.0 Å². The van der Waals surface area contributed by atoms with Crippen LogP contribution in [-0.2, 0) is 21.6 Å². The molecule has 0 amide bonds. The van der Waals surface area contributed by atoms with Gasteiger partial charge in [0, 0.05) is 5.56 Å². The number of fused-ring (bicyclic) bond motifs is 1. The average Bonchev–Trinajstić information content (AvgIpc) is 3.21. The van der Waals surface area contributed by atoms with Gasteiger partial charge in [-0.1, -0.05) is 6.07 Å². The Balaban J connectivity index is 1.43. The number of oxazole rings is 1. The Kier molecular flexibility index (Phi) is 4.96. The van der Waals surface area contributed by atoms with Crippen molar-refractivity contribution in [2.24, 2.45) is 0 Å². The van der Waals surface area contributed by atoms with E-state index in [1.165, 1.54) is 18.3 Å². The third-order valence-corrected chi connectivity index (χ3v) is 4.78. The van der Waals surface area contributed by atoms with Crippen molar-refractivity contribution >= 4 is 5.97 Å². The molecule has 29 heavy (non-hydrogen) atoms. The number of hydrogen-bond donors (Lipinski definition) is 0. The zero-order valence-electron chi connectivity index (χ0n) is 16.1. The van der Waals surface area contributed by atoms with Gasteiger partial charge in [-0.25, -0.2) is 9.37 Å². The van der Waals surface area contributed by atoms with Crippen LogP contribution in [0.3, 0.4) is 0 Å². The molecule has 0 saturated carbocycles. The molecule has 0 fully saturated rings. The number of halogens is 1. The summed E-state index contributed by atoms with van der Waals surface area (Å²) in [5, 5.41) is 0.